The average Bonchev–Trinajstić information content (AvgIpc) is 2.03. The van der Waals surface area contributed by atoms with Crippen molar-refractivity contribution in [1.82, 2.24) is 0 Å². The Bertz CT molecular complexity index is 314. The fourth-order valence-electron chi connectivity index (χ4n) is 0.885. The first-order chi connectivity index (χ1) is 5.65. The zero-order valence-electron chi connectivity index (χ0n) is 6.37. The van der Waals surface area contributed by atoms with Crippen LogP contribution < -0.4 is 4.84 Å². The Labute approximate surface area is 74.4 Å². The fourth-order valence-corrected chi connectivity index (χ4v) is 1.04. The van der Waals surface area contributed by atoms with Gasteiger partial charge < -0.3 is 0 Å². The number of nitro benzene ring substituents is 1. The summed E-state index contributed by atoms with van der Waals surface area (Å²) < 4.78 is 0. The molecule has 0 atom stereocenters. The highest BCUT2D eigenvalue weighted by atomic mass is 35.5. The highest BCUT2D eigenvalue weighted by Crippen LogP contribution is 2.25. The van der Waals surface area contributed by atoms with Crippen LogP contribution in [0.3, 0.4) is 0 Å². The van der Waals surface area contributed by atoms with E-state index in [-0.39, 0.29) is 5.69 Å². The number of hydrogen-bond donors (Lipinski definition) is 1. The summed E-state index contributed by atoms with van der Waals surface area (Å²) in [5, 5.41) is 10.4. The molecule has 1 aromatic rings. The number of halogens is 1. The molecule has 0 aliphatic heterocycles. The van der Waals surface area contributed by atoms with Crippen molar-refractivity contribution >= 4 is 23.2 Å². The Hall–Kier alpha value is -1.29. The first-order valence-corrected chi connectivity index (χ1v) is 3.64. The number of nitrogens with zero attached hydrogens (tertiary/aromatic N) is 1. The van der Waals surface area contributed by atoms with Crippen molar-refractivity contribution in [3.63, 3.8) is 0 Å². The van der Waals surface area contributed by atoms with Gasteiger partial charge in [0.1, 0.15) is 5.69 Å². The summed E-state index contributed by atoms with van der Waals surface area (Å²) in [4.78, 5) is 12.2. The van der Waals surface area contributed by atoms with Gasteiger partial charge in [0, 0.05) is 17.8 Å². The van der Waals surface area contributed by atoms with E-state index in [1.165, 1.54) is 6.07 Å². The highest BCUT2D eigenvalue weighted by molar-refractivity contribution is 6.24. The Kier molecular flexibility index (Phi) is 2.50. The van der Waals surface area contributed by atoms with Crippen molar-refractivity contribution in [3.05, 3.63) is 33.9 Å². The molecule has 0 heterocycles. The van der Waals surface area contributed by atoms with Gasteiger partial charge in [-0.2, -0.15) is 0 Å². The lowest BCUT2D eigenvalue weighted by Gasteiger charge is -2.00. The molecule has 0 fully saturated rings. The lowest BCUT2D eigenvalue weighted by Crippen LogP contribution is -1.93. The van der Waals surface area contributed by atoms with Crippen LogP contribution >= 0.6 is 11.8 Å². The van der Waals surface area contributed by atoms with Gasteiger partial charge in [0.2, 0.25) is 0 Å². The molecule has 12 heavy (non-hydrogen) atoms. The van der Waals surface area contributed by atoms with Crippen LogP contribution in [0.1, 0.15) is 5.56 Å². The predicted octanol–water partition coefficient (Wildman–Crippen LogP) is 2.47. The number of hydrogen-bond acceptors (Lipinski definition) is 3. The van der Waals surface area contributed by atoms with Gasteiger partial charge in [-0.25, -0.2) is 0 Å². The zero-order valence-corrected chi connectivity index (χ0v) is 7.13. The fraction of sp³-hybridized carbons (Fsp3) is 0.143. The second-order valence-electron chi connectivity index (χ2n) is 2.37. The van der Waals surface area contributed by atoms with Gasteiger partial charge in [-0.15, -0.1) is 0 Å². The van der Waals surface area contributed by atoms with Crippen molar-refractivity contribution in [2.75, 3.05) is 4.84 Å². The molecule has 0 saturated carbocycles. The minimum atomic E-state index is -0.482. The van der Waals surface area contributed by atoms with E-state index >= 15 is 0 Å². The van der Waals surface area contributed by atoms with Crippen LogP contribution in [-0.2, 0) is 0 Å². The second-order valence-corrected chi connectivity index (χ2v) is 2.56. The molecule has 0 saturated heterocycles. The molecule has 1 aromatic carbocycles. The largest absolute Gasteiger partial charge is 0.293 e. The first kappa shape index (κ1) is 8.80. The molecule has 0 amide bonds. The van der Waals surface area contributed by atoms with Crippen LogP contribution in [0.4, 0.5) is 11.4 Å². The van der Waals surface area contributed by atoms with E-state index in [1.54, 1.807) is 12.1 Å². The van der Waals surface area contributed by atoms with Gasteiger partial charge >= 0.3 is 0 Å². The number of anilines is 1. The van der Waals surface area contributed by atoms with Crippen molar-refractivity contribution in [2.45, 2.75) is 6.92 Å². The third-order valence-electron chi connectivity index (χ3n) is 1.45. The molecule has 0 aromatic heterocycles. The molecule has 1 rings (SSSR count). The van der Waals surface area contributed by atoms with Crippen LogP contribution in [0, 0.1) is 17.0 Å². The molecular weight excluding hydrogens is 180 g/mol. The maximum absolute atomic E-state index is 10.4. The standard InChI is InChI=1S/C7H7ClN2O2/c1-5-2-3-7(10(11)12)6(4-5)9-8/h2-4,9H,1H3. The van der Waals surface area contributed by atoms with Gasteiger partial charge in [-0.3, -0.25) is 15.0 Å². The quantitative estimate of drug-likeness (QED) is 0.439. The molecule has 0 bridgehead atoms. The number of rotatable bonds is 2. The van der Waals surface area contributed by atoms with Crippen molar-refractivity contribution in [2.24, 2.45) is 0 Å². The number of benzene rings is 1. The van der Waals surface area contributed by atoms with Crippen LogP contribution in [-0.4, -0.2) is 4.92 Å². The molecule has 0 unspecified atom stereocenters. The minimum absolute atomic E-state index is 0.0180. The smallest absolute Gasteiger partial charge is 0.292 e. The zero-order chi connectivity index (χ0) is 9.14. The minimum Gasteiger partial charge on any atom is -0.292 e. The van der Waals surface area contributed by atoms with Gasteiger partial charge in [-0.05, 0) is 18.6 Å². The number of nitro groups is 1. The van der Waals surface area contributed by atoms with E-state index in [0.29, 0.717) is 5.69 Å². The summed E-state index contributed by atoms with van der Waals surface area (Å²) in [7, 11) is 0. The molecule has 0 aliphatic rings. The molecule has 1 N–H and O–H groups in total. The topological polar surface area (TPSA) is 55.2 Å². The van der Waals surface area contributed by atoms with E-state index in [2.05, 4.69) is 4.84 Å². The third kappa shape index (κ3) is 1.65. The monoisotopic (exact) mass is 186 g/mol. The number of aryl methyl sites for hydroxylation is 1. The van der Waals surface area contributed by atoms with Crippen LogP contribution in [0.5, 0.6) is 0 Å². The van der Waals surface area contributed by atoms with Crippen LogP contribution in [0.15, 0.2) is 18.2 Å². The first-order valence-electron chi connectivity index (χ1n) is 3.27. The van der Waals surface area contributed by atoms with E-state index in [9.17, 15) is 10.1 Å². The molecule has 0 aliphatic carbocycles. The molecular formula is C7H7ClN2O2. The maximum atomic E-state index is 10.4. The normalized spacial score (nSPS) is 9.50. The summed E-state index contributed by atoms with van der Waals surface area (Å²) in [6.45, 7) is 1.83. The second kappa shape index (κ2) is 3.40. The SMILES string of the molecule is Cc1ccc([N+](=O)[O-])c(NCl)c1. The van der Waals surface area contributed by atoms with Crippen molar-refractivity contribution in [1.29, 1.82) is 0 Å². The third-order valence-corrected chi connectivity index (χ3v) is 1.65. The van der Waals surface area contributed by atoms with Gasteiger partial charge in [0.05, 0.1) is 4.92 Å². The van der Waals surface area contributed by atoms with E-state index in [1.807, 2.05) is 6.92 Å². The summed E-state index contributed by atoms with van der Waals surface area (Å²) in [6.07, 6.45) is 0. The summed E-state index contributed by atoms with van der Waals surface area (Å²) >= 11 is 5.29. The Morgan fingerprint density at radius 1 is 1.58 bits per heavy atom. The summed E-state index contributed by atoms with van der Waals surface area (Å²) in [6, 6.07) is 4.70. The number of nitrogens with one attached hydrogen (secondary N) is 1. The highest BCUT2D eigenvalue weighted by Gasteiger charge is 2.11. The van der Waals surface area contributed by atoms with Crippen LogP contribution in [0.2, 0.25) is 0 Å². The lowest BCUT2D eigenvalue weighted by molar-refractivity contribution is -0.383. The lowest BCUT2D eigenvalue weighted by atomic mass is 10.2. The Balaban J connectivity index is 3.20. The summed E-state index contributed by atoms with van der Waals surface area (Å²) in [5.41, 5.74) is 1.22. The van der Waals surface area contributed by atoms with E-state index < -0.39 is 4.92 Å². The van der Waals surface area contributed by atoms with Gasteiger partial charge in [0.25, 0.3) is 5.69 Å². The molecule has 5 heteroatoms. The van der Waals surface area contributed by atoms with Crippen LogP contribution in [0.25, 0.3) is 0 Å². The van der Waals surface area contributed by atoms with E-state index in [0.717, 1.165) is 5.56 Å². The molecule has 4 nitrogen and oxygen atoms in total. The molecule has 0 spiro atoms. The van der Waals surface area contributed by atoms with Crippen molar-refractivity contribution in [3.8, 4) is 0 Å². The average molecular weight is 187 g/mol. The van der Waals surface area contributed by atoms with E-state index in [4.69, 9.17) is 11.8 Å². The van der Waals surface area contributed by atoms with Crippen molar-refractivity contribution < 1.29 is 4.92 Å². The van der Waals surface area contributed by atoms with Gasteiger partial charge in [0.15, 0.2) is 0 Å². The Morgan fingerprint density at radius 3 is 2.75 bits per heavy atom. The Morgan fingerprint density at radius 2 is 2.25 bits per heavy atom. The predicted molar refractivity (Wildman–Crippen MR) is 47.3 cm³/mol. The van der Waals surface area contributed by atoms with Gasteiger partial charge in [-0.1, -0.05) is 6.07 Å². The molecule has 0 radical (unpaired) electrons. The maximum Gasteiger partial charge on any atom is 0.293 e. The summed E-state index contributed by atoms with van der Waals surface area (Å²) in [5.74, 6) is 0. The molecule has 64 valence electrons.